The summed E-state index contributed by atoms with van der Waals surface area (Å²) in [5.74, 6) is -0.597. The topological polar surface area (TPSA) is 71.1 Å². The number of hydrogen-bond donors (Lipinski definition) is 2. The van der Waals surface area contributed by atoms with Crippen molar-refractivity contribution < 1.29 is 9.59 Å². The van der Waals surface area contributed by atoms with Crippen LogP contribution in [0, 0.1) is 6.92 Å². The number of nitrogens with one attached hydrogen (secondary N) is 2. The third-order valence-corrected chi connectivity index (χ3v) is 3.40. The number of benzene rings is 1. The lowest BCUT2D eigenvalue weighted by Gasteiger charge is -2.20. The second kappa shape index (κ2) is 7.25. The average molecular weight is 325 g/mol. The molecule has 0 saturated heterocycles. The van der Waals surface area contributed by atoms with Crippen molar-refractivity contribution in [1.29, 1.82) is 0 Å². The Balaban J connectivity index is 2.06. The van der Waals surface area contributed by atoms with Crippen LogP contribution in [0.25, 0.3) is 0 Å². The van der Waals surface area contributed by atoms with Gasteiger partial charge in [0.1, 0.15) is 11.4 Å². The van der Waals surface area contributed by atoms with Gasteiger partial charge in [0.15, 0.2) is 0 Å². The van der Waals surface area contributed by atoms with E-state index < -0.39 is 0 Å². The summed E-state index contributed by atoms with van der Waals surface area (Å²) in [6.45, 7) is 8.10. The normalized spacial score (nSPS) is 11.0. The Morgan fingerprint density at radius 1 is 0.958 bits per heavy atom. The molecule has 126 valence electrons. The van der Waals surface area contributed by atoms with E-state index in [1.165, 1.54) is 0 Å². The molecule has 0 aliphatic rings. The standard InChI is InChI=1S/C19H23N3O2/c1-13-8-5-6-9-14(13)12-20-17(23)15-10-7-11-16(21-15)18(24)22-19(2,3)4/h5-11H,12H2,1-4H3,(H,20,23)(H,22,24). The summed E-state index contributed by atoms with van der Waals surface area (Å²) in [7, 11) is 0. The highest BCUT2D eigenvalue weighted by atomic mass is 16.2. The Hall–Kier alpha value is -2.69. The molecule has 0 aliphatic carbocycles. The molecule has 0 radical (unpaired) electrons. The van der Waals surface area contributed by atoms with Gasteiger partial charge in [-0.15, -0.1) is 0 Å². The van der Waals surface area contributed by atoms with Crippen LogP contribution in [0.2, 0.25) is 0 Å². The lowest BCUT2D eigenvalue weighted by molar-refractivity contribution is 0.0914. The number of aromatic nitrogens is 1. The molecule has 1 aromatic carbocycles. The molecule has 24 heavy (non-hydrogen) atoms. The number of rotatable bonds is 4. The molecule has 0 spiro atoms. The van der Waals surface area contributed by atoms with E-state index in [0.717, 1.165) is 11.1 Å². The Kier molecular flexibility index (Phi) is 5.34. The lowest BCUT2D eigenvalue weighted by atomic mass is 10.1. The molecule has 0 unspecified atom stereocenters. The molecule has 2 rings (SSSR count). The fourth-order valence-electron chi connectivity index (χ4n) is 2.17. The van der Waals surface area contributed by atoms with Crippen LogP contribution in [-0.4, -0.2) is 22.3 Å². The van der Waals surface area contributed by atoms with Crippen LogP contribution in [0.1, 0.15) is 52.9 Å². The van der Waals surface area contributed by atoms with E-state index in [9.17, 15) is 9.59 Å². The van der Waals surface area contributed by atoms with Crippen molar-refractivity contribution >= 4 is 11.8 Å². The molecule has 2 aromatic rings. The first kappa shape index (κ1) is 17.7. The molecule has 0 aliphatic heterocycles. The maximum Gasteiger partial charge on any atom is 0.270 e. The Morgan fingerprint density at radius 2 is 1.58 bits per heavy atom. The van der Waals surface area contributed by atoms with Crippen molar-refractivity contribution in [2.45, 2.75) is 39.8 Å². The molecule has 1 aromatic heterocycles. The molecular weight excluding hydrogens is 302 g/mol. The van der Waals surface area contributed by atoms with Gasteiger partial charge in [-0.05, 0) is 51.0 Å². The molecule has 5 heteroatoms. The molecule has 2 amide bonds. The highest BCUT2D eigenvalue weighted by molar-refractivity contribution is 5.96. The Labute approximate surface area is 142 Å². The largest absolute Gasteiger partial charge is 0.347 e. The van der Waals surface area contributed by atoms with Crippen LogP contribution in [0.4, 0.5) is 0 Å². The molecule has 0 fully saturated rings. The second-order valence-corrected chi connectivity index (χ2v) is 6.72. The first-order chi connectivity index (χ1) is 11.3. The van der Waals surface area contributed by atoms with Crippen LogP contribution in [0.5, 0.6) is 0 Å². The molecule has 1 heterocycles. The first-order valence-electron chi connectivity index (χ1n) is 7.88. The number of pyridine rings is 1. The summed E-state index contributed by atoms with van der Waals surface area (Å²) in [5, 5.41) is 5.67. The van der Waals surface area contributed by atoms with Crippen LogP contribution in [0.15, 0.2) is 42.5 Å². The van der Waals surface area contributed by atoms with Gasteiger partial charge in [-0.25, -0.2) is 4.98 Å². The van der Waals surface area contributed by atoms with Gasteiger partial charge in [0.05, 0.1) is 0 Å². The van der Waals surface area contributed by atoms with E-state index in [4.69, 9.17) is 0 Å². The van der Waals surface area contributed by atoms with E-state index in [0.29, 0.717) is 6.54 Å². The van der Waals surface area contributed by atoms with Crippen molar-refractivity contribution in [2.24, 2.45) is 0 Å². The van der Waals surface area contributed by atoms with Gasteiger partial charge < -0.3 is 10.6 Å². The smallest absolute Gasteiger partial charge is 0.270 e. The minimum atomic E-state index is -0.359. The summed E-state index contributed by atoms with van der Waals surface area (Å²) in [6, 6.07) is 12.7. The zero-order chi connectivity index (χ0) is 17.7. The SMILES string of the molecule is Cc1ccccc1CNC(=O)c1cccc(C(=O)NC(C)(C)C)n1. The van der Waals surface area contributed by atoms with Crippen LogP contribution >= 0.6 is 0 Å². The van der Waals surface area contributed by atoms with Crippen LogP contribution in [-0.2, 0) is 6.54 Å². The van der Waals surface area contributed by atoms with E-state index in [2.05, 4.69) is 15.6 Å². The van der Waals surface area contributed by atoms with Crippen molar-refractivity contribution in [3.05, 3.63) is 65.0 Å². The number of amides is 2. The summed E-state index contributed by atoms with van der Waals surface area (Å²) >= 11 is 0. The lowest BCUT2D eigenvalue weighted by Crippen LogP contribution is -2.41. The molecule has 2 N–H and O–H groups in total. The third-order valence-electron chi connectivity index (χ3n) is 3.40. The van der Waals surface area contributed by atoms with E-state index >= 15 is 0 Å². The minimum absolute atomic E-state index is 0.227. The van der Waals surface area contributed by atoms with E-state index in [1.807, 2.05) is 52.0 Å². The predicted octanol–water partition coefficient (Wildman–Crippen LogP) is 2.85. The van der Waals surface area contributed by atoms with E-state index in [1.54, 1.807) is 18.2 Å². The van der Waals surface area contributed by atoms with Crippen molar-refractivity contribution in [3.8, 4) is 0 Å². The Morgan fingerprint density at radius 3 is 2.21 bits per heavy atom. The highest BCUT2D eigenvalue weighted by Crippen LogP contribution is 2.08. The molecular formula is C19H23N3O2. The molecule has 5 nitrogen and oxygen atoms in total. The number of aryl methyl sites for hydroxylation is 1. The van der Waals surface area contributed by atoms with Crippen molar-refractivity contribution in [1.82, 2.24) is 15.6 Å². The van der Waals surface area contributed by atoms with Gasteiger partial charge in [-0.2, -0.15) is 0 Å². The Bertz CT molecular complexity index is 748. The van der Waals surface area contributed by atoms with E-state index in [-0.39, 0.29) is 28.7 Å². The van der Waals surface area contributed by atoms with Gasteiger partial charge in [0.25, 0.3) is 11.8 Å². The number of carbonyl (C=O) groups is 2. The summed E-state index contributed by atoms with van der Waals surface area (Å²) in [6.07, 6.45) is 0. The highest BCUT2D eigenvalue weighted by Gasteiger charge is 2.17. The summed E-state index contributed by atoms with van der Waals surface area (Å²) < 4.78 is 0. The zero-order valence-electron chi connectivity index (χ0n) is 14.5. The predicted molar refractivity (Wildman–Crippen MR) is 93.8 cm³/mol. The van der Waals surface area contributed by atoms with Gasteiger partial charge >= 0.3 is 0 Å². The van der Waals surface area contributed by atoms with Crippen molar-refractivity contribution in [2.75, 3.05) is 0 Å². The van der Waals surface area contributed by atoms with Crippen LogP contribution < -0.4 is 10.6 Å². The van der Waals surface area contributed by atoms with Gasteiger partial charge in [-0.3, -0.25) is 9.59 Å². The average Bonchev–Trinajstić information content (AvgIpc) is 2.52. The monoisotopic (exact) mass is 325 g/mol. The third kappa shape index (κ3) is 4.91. The van der Waals surface area contributed by atoms with Crippen LogP contribution in [0.3, 0.4) is 0 Å². The summed E-state index contributed by atoms with van der Waals surface area (Å²) in [4.78, 5) is 28.6. The summed E-state index contributed by atoms with van der Waals surface area (Å²) in [5.41, 5.74) is 2.26. The number of nitrogens with zero attached hydrogens (tertiary/aromatic N) is 1. The minimum Gasteiger partial charge on any atom is -0.347 e. The maximum atomic E-state index is 12.3. The molecule has 0 bridgehead atoms. The quantitative estimate of drug-likeness (QED) is 0.908. The maximum absolute atomic E-state index is 12.3. The van der Waals surface area contributed by atoms with Gasteiger partial charge in [0.2, 0.25) is 0 Å². The zero-order valence-corrected chi connectivity index (χ0v) is 14.5. The van der Waals surface area contributed by atoms with Gasteiger partial charge in [0, 0.05) is 12.1 Å². The number of carbonyl (C=O) groups excluding carboxylic acids is 2. The molecule has 0 saturated carbocycles. The molecule has 0 atom stereocenters. The second-order valence-electron chi connectivity index (χ2n) is 6.72. The van der Waals surface area contributed by atoms with Crippen molar-refractivity contribution in [3.63, 3.8) is 0 Å². The number of hydrogen-bond acceptors (Lipinski definition) is 3. The van der Waals surface area contributed by atoms with Gasteiger partial charge in [-0.1, -0.05) is 30.3 Å². The first-order valence-corrected chi connectivity index (χ1v) is 7.88. The fourth-order valence-corrected chi connectivity index (χ4v) is 2.17. The fraction of sp³-hybridized carbons (Fsp3) is 0.316.